The number of halogens is 1. The van der Waals surface area contributed by atoms with Gasteiger partial charge in [-0.15, -0.1) is 11.3 Å². The summed E-state index contributed by atoms with van der Waals surface area (Å²) in [4.78, 5) is 1.26. The van der Waals surface area contributed by atoms with E-state index >= 15 is 0 Å². The lowest BCUT2D eigenvalue weighted by atomic mass is 9.87. The van der Waals surface area contributed by atoms with E-state index in [-0.39, 0.29) is 12.0 Å². The van der Waals surface area contributed by atoms with E-state index in [1.54, 1.807) is 11.3 Å². The van der Waals surface area contributed by atoms with Crippen LogP contribution >= 0.6 is 27.3 Å². The molecule has 1 unspecified atom stereocenters. The van der Waals surface area contributed by atoms with Gasteiger partial charge in [-0.2, -0.15) is 0 Å². The molecule has 13 heavy (non-hydrogen) atoms. The van der Waals surface area contributed by atoms with Gasteiger partial charge in [-0.3, -0.25) is 0 Å². The van der Waals surface area contributed by atoms with E-state index in [4.69, 9.17) is 10.8 Å². The summed E-state index contributed by atoms with van der Waals surface area (Å²) in [6.07, 6.45) is 0.844. The molecule has 0 bridgehead atoms. The Balaban J connectivity index is 2.67. The van der Waals surface area contributed by atoms with Gasteiger partial charge in [0.1, 0.15) is 0 Å². The van der Waals surface area contributed by atoms with E-state index in [9.17, 15) is 0 Å². The van der Waals surface area contributed by atoms with Crippen LogP contribution in [0.3, 0.4) is 0 Å². The summed E-state index contributed by atoms with van der Waals surface area (Å²) in [5.41, 5.74) is 5.43. The van der Waals surface area contributed by atoms with E-state index in [2.05, 4.69) is 22.0 Å². The second-order valence-corrected chi connectivity index (χ2v) is 5.49. The lowest BCUT2D eigenvalue weighted by molar-refractivity contribution is 0.150. The van der Waals surface area contributed by atoms with Gasteiger partial charge in [0, 0.05) is 33.3 Å². The number of aliphatic hydroxyl groups is 1. The van der Waals surface area contributed by atoms with E-state index in [0.717, 1.165) is 10.9 Å². The SMILES string of the molecule is CC(CN)(CO)Cc1cc(Br)cs1. The molecule has 0 fully saturated rings. The van der Waals surface area contributed by atoms with Gasteiger partial charge in [0.15, 0.2) is 0 Å². The number of hydrogen-bond acceptors (Lipinski definition) is 3. The molecule has 1 heterocycles. The van der Waals surface area contributed by atoms with E-state index < -0.39 is 0 Å². The maximum Gasteiger partial charge on any atom is 0.0500 e. The summed E-state index contributed by atoms with van der Waals surface area (Å²) >= 11 is 5.09. The third kappa shape index (κ3) is 3.06. The summed E-state index contributed by atoms with van der Waals surface area (Å²) in [6, 6.07) is 2.08. The number of aliphatic hydroxyl groups excluding tert-OH is 1. The van der Waals surface area contributed by atoms with Crippen LogP contribution < -0.4 is 5.73 Å². The molecular weight excluding hydrogens is 250 g/mol. The van der Waals surface area contributed by atoms with Crippen LogP contribution in [0.25, 0.3) is 0 Å². The molecule has 4 heteroatoms. The minimum atomic E-state index is -0.176. The molecule has 0 saturated carbocycles. The molecule has 0 spiro atoms. The van der Waals surface area contributed by atoms with Gasteiger partial charge in [0.05, 0.1) is 0 Å². The van der Waals surface area contributed by atoms with Gasteiger partial charge in [0.2, 0.25) is 0 Å². The normalized spacial score (nSPS) is 15.7. The first-order valence-corrected chi connectivity index (χ1v) is 5.81. The number of hydrogen-bond donors (Lipinski definition) is 2. The topological polar surface area (TPSA) is 46.2 Å². The monoisotopic (exact) mass is 263 g/mol. The highest BCUT2D eigenvalue weighted by Gasteiger charge is 2.22. The third-order valence-corrected chi connectivity index (χ3v) is 3.79. The lowest BCUT2D eigenvalue weighted by Gasteiger charge is -2.24. The van der Waals surface area contributed by atoms with E-state index in [1.165, 1.54) is 4.88 Å². The molecule has 0 aromatic carbocycles. The molecule has 0 radical (unpaired) electrons. The zero-order valence-electron chi connectivity index (χ0n) is 7.59. The average molecular weight is 264 g/mol. The standard InChI is InChI=1S/C9H14BrNOS/c1-9(5-11,6-12)3-8-2-7(10)4-13-8/h2,4,12H,3,5-6,11H2,1H3. The predicted octanol–water partition coefficient (Wildman–Crippen LogP) is 2.01. The second kappa shape index (κ2) is 4.55. The molecule has 0 aliphatic heterocycles. The van der Waals surface area contributed by atoms with Crippen molar-refractivity contribution in [3.05, 3.63) is 20.8 Å². The molecule has 74 valence electrons. The summed E-state index contributed by atoms with van der Waals surface area (Å²) < 4.78 is 1.10. The van der Waals surface area contributed by atoms with Crippen LogP contribution in [0.2, 0.25) is 0 Å². The van der Waals surface area contributed by atoms with Crippen LogP contribution in [-0.2, 0) is 6.42 Å². The van der Waals surface area contributed by atoms with Crippen LogP contribution in [0, 0.1) is 5.41 Å². The minimum Gasteiger partial charge on any atom is -0.396 e. The lowest BCUT2D eigenvalue weighted by Crippen LogP contribution is -2.32. The van der Waals surface area contributed by atoms with Crippen molar-refractivity contribution in [2.45, 2.75) is 13.3 Å². The van der Waals surface area contributed by atoms with Crippen LogP contribution in [0.4, 0.5) is 0 Å². The Morgan fingerprint density at radius 1 is 1.69 bits per heavy atom. The maximum atomic E-state index is 9.17. The Morgan fingerprint density at radius 3 is 2.77 bits per heavy atom. The molecule has 1 aromatic heterocycles. The fraction of sp³-hybridized carbons (Fsp3) is 0.556. The first kappa shape index (κ1) is 11.2. The zero-order chi connectivity index (χ0) is 9.90. The molecule has 3 N–H and O–H groups in total. The molecule has 2 nitrogen and oxygen atoms in total. The molecular formula is C9H14BrNOS. The summed E-state index contributed by atoms with van der Waals surface area (Å²) in [5, 5.41) is 11.2. The fourth-order valence-corrected chi connectivity index (χ4v) is 2.73. The third-order valence-electron chi connectivity index (χ3n) is 2.10. The van der Waals surface area contributed by atoms with Crippen LogP contribution in [0.15, 0.2) is 15.9 Å². The highest BCUT2D eigenvalue weighted by Crippen LogP contribution is 2.27. The quantitative estimate of drug-likeness (QED) is 0.873. The van der Waals surface area contributed by atoms with E-state index in [1.807, 2.05) is 12.3 Å². The fourth-order valence-electron chi connectivity index (χ4n) is 1.06. The second-order valence-electron chi connectivity index (χ2n) is 3.58. The van der Waals surface area contributed by atoms with Crippen LogP contribution in [0.1, 0.15) is 11.8 Å². The first-order chi connectivity index (χ1) is 6.09. The molecule has 1 atom stereocenters. The van der Waals surface area contributed by atoms with Gasteiger partial charge >= 0.3 is 0 Å². The highest BCUT2D eigenvalue weighted by molar-refractivity contribution is 9.10. The van der Waals surface area contributed by atoms with Gasteiger partial charge in [-0.05, 0) is 28.4 Å². The minimum absolute atomic E-state index is 0.138. The van der Waals surface area contributed by atoms with Gasteiger partial charge < -0.3 is 10.8 Å². The van der Waals surface area contributed by atoms with Crippen LogP contribution in [0.5, 0.6) is 0 Å². The molecule has 1 rings (SSSR count). The van der Waals surface area contributed by atoms with Gasteiger partial charge in [0.25, 0.3) is 0 Å². The predicted molar refractivity (Wildman–Crippen MR) is 60.0 cm³/mol. The van der Waals surface area contributed by atoms with Crippen molar-refractivity contribution in [2.75, 3.05) is 13.2 Å². The number of thiophene rings is 1. The van der Waals surface area contributed by atoms with Crippen molar-refractivity contribution in [1.82, 2.24) is 0 Å². The Kier molecular flexibility index (Phi) is 3.91. The molecule has 0 aliphatic rings. The molecule has 0 aliphatic carbocycles. The number of rotatable bonds is 4. The Bertz CT molecular complexity index is 270. The highest BCUT2D eigenvalue weighted by atomic mass is 79.9. The number of nitrogens with two attached hydrogens (primary N) is 1. The van der Waals surface area contributed by atoms with Crippen molar-refractivity contribution in [3.8, 4) is 0 Å². The van der Waals surface area contributed by atoms with E-state index in [0.29, 0.717) is 6.54 Å². The van der Waals surface area contributed by atoms with Crippen LogP contribution in [-0.4, -0.2) is 18.3 Å². The van der Waals surface area contributed by atoms with Crippen molar-refractivity contribution < 1.29 is 5.11 Å². The largest absolute Gasteiger partial charge is 0.396 e. The smallest absolute Gasteiger partial charge is 0.0500 e. The molecule has 0 amide bonds. The zero-order valence-corrected chi connectivity index (χ0v) is 9.99. The Hall–Kier alpha value is 0.1000. The summed E-state index contributed by atoms with van der Waals surface area (Å²) in [6.45, 7) is 2.65. The van der Waals surface area contributed by atoms with Crippen molar-refractivity contribution in [1.29, 1.82) is 0 Å². The maximum absolute atomic E-state index is 9.17. The van der Waals surface area contributed by atoms with Crippen molar-refractivity contribution in [2.24, 2.45) is 11.1 Å². The summed E-state index contributed by atoms with van der Waals surface area (Å²) in [5.74, 6) is 0. The molecule has 1 aromatic rings. The Labute approximate surface area is 90.9 Å². The van der Waals surface area contributed by atoms with Crippen molar-refractivity contribution >= 4 is 27.3 Å². The summed E-state index contributed by atoms with van der Waals surface area (Å²) in [7, 11) is 0. The van der Waals surface area contributed by atoms with Gasteiger partial charge in [-0.25, -0.2) is 0 Å². The Morgan fingerprint density at radius 2 is 2.38 bits per heavy atom. The molecule has 0 saturated heterocycles. The first-order valence-electron chi connectivity index (χ1n) is 4.13. The van der Waals surface area contributed by atoms with Crippen molar-refractivity contribution in [3.63, 3.8) is 0 Å². The van der Waals surface area contributed by atoms with Gasteiger partial charge in [-0.1, -0.05) is 6.92 Å². The average Bonchev–Trinajstić information content (AvgIpc) is 2.51.